The zero-order valence-corrected chi connectivity index (χ0v) is 15.4. The second kappa shape index (κ2) is 6.45. The van der Waals surface area contributed by atoms with E-state index in [1.807, 2.05) is 30.3 Å². The summed E-state index contributed by atoms with van der Waals surface area (Å²) in [5.74, 6) is 6.50. The fourth-order valence-corrected chi connectivity index (χ4v) is 4.65. The Morgan fingerprint density at radius 1 is 0.926 bits per heavy atom. The number of nitrogens with two attached hydrogens (primary N) is 1. The molecule has 1 aliphatic carbocycles. The van der Waals surface area contributed by atoms with Crippen molar-refractivity contribution in [3.05, 3.63) is 59.6 Å². The number of aryl methyl sites for hydroxylation is 1. The Bertz CT molecular complexity index is 1050. The van der Waals surface area contributed by atoms with Crippen LogP contribution in [-0.2, 0) is 6.42 Å². The summed E-state index contributed by atoms with van der Waals surface area (Å²) in [5.41, 5.74) is 4.70. The third-order valence-electron chi connectivity index (χ3n) is 6.09. The molecule has 2 aromatic carbocycles. The van der Waals surface area contributed by atoms with Crippen molar-refractivity contribution in [3.8, 4) is 16.9 Å². The van der Waals surface area contributed by atoms with E-state index in [0.29, 0.717) is 5.55 Å². The summed E-state index contributed by atoms with van der Waals surface area (Å²) >= 11 is 0. The zero-order valence-electron chi connectivity index (χ0n) is 15.4. The van der Waals surface area contributed by atoms with Gasteiger partial charge in [-0.05, 0) is 61.3 Å². The van der Waals surface area contributed by atoms with Gasteiger partial charge in [-0.2, -0.15) is 0 Å². The Hall–Kier alpha value is -2.75. The number of ether oxygens (including phenoxy) is 1. The highest BCUT2D eigenvalue weighted by Gasteiger charge is 2.37. The Balaban J connectivity index is 1.67. The van der Waals surface area contributed by atoms with Crippen molar-refractivity contribution in [3.63, 3.8) is 0 Å². The summed E-state index contributed by atoms with van der Waals surface area (Å²) in [4.78, 5) is 0. The number of fused-ring (bicyclic) bond motifs is 2. The first kappa shape index (κ1) is 16.4. The van der Waals surface area contributed by atoms with Crippen LogP contribution in [0.2, 0.25) is 0 Å². The second-order valence-electron chi connectivity index (χ2n) is 7.80. The fourth-order valence-electron chi connectivity index (χ4n) is 4.65. The van der Waals surface area contributed by atoms with Gasteiger partial charge in [0.1, 0.15) is 16.9 Å². The maximum Gasteiger partial charge on any atom is 0.236 e. The standard InChI is InChI=1S/C23H24N2O2/c24-25-22-14-18(16-7-3-1-4-8-16)19-13-17-9-12-23(10-5-2-6-11-23)27-20(17)15-21(19)26-22/h1,3-4,7-8,13-15H,2,5-6,9-12,24H2/b25-22+. The van der Waals surface area contributed by atoms with Crippen molar-refractivity contribution in [2.45, 2.75) is 50.5 Å². The third kappa shape index (κ3) is 2.89. The first-order valence-electron chi connectivity index (χ1n) is 9.86. The molecule has 138 valence electrons. The third-order valence-corrected chi connectivity index (χ3v) is 6.09. The van der Waals surface area contributed by atoms with Gasteiger partial charge in [-0.1, -0.05) is 36.8 Å². The number of rotatable bonds is 1. The van der Waals surface area contributed by atoms with Crippen molar-refractivity contribution < 1.29 is 9.15 Å². The van der Waals surface area contributed by atoms with Crippen LogP contribution in [0.15, 0.2) is 58.0 Å². The van der Waals surface area contributed by atoms with E-state index >= 15 is 0 Å². The van der Waals surface area contributed by atoms with E-state index in [1.165, 1.54) is 24.8 Å². The van der Waals surface area contributed by atoms with Crippen LogP contribution >= 0.6 is 0 Å². The molecule has 3 aromatic rings. The summed E-state index contributed by atoms with van der Waals surface area (Å²) in [6, 6.07) is 16.5. The number of hydrogen-bond acceptors (Lipinski definition) is 4. The lowest BCUT2D eigenvalue weighted by Crippen LogP contribution is -2.41. The van der Waals surface area contributed by atoms with Gasteiger partial charge in [0.25, 0.3) is 0 Å². The molecule has 0 atom stereocenters. The van der Waals surface area contributed by atoms with Gasteiger partial charge in [0.05, 0.1) is 0 Å². The predicted molar refractivity (Wildman–Crippen MR) is 106 cm³/mol. The van der Waals surface area contributed by atoms with Crippen LogP contribution in [0, 0.1) is 0 Å². The minimum absolute atomic E-state index is 0.0248. The minimum Gasteiger partial charge on any atom is -0.487 e. The Morgan fingerprint density at radius 2 is 1.74 bits per heavy atom. The molecule has 2 aliphatic rings. The van der Waals surface area contributed by atoms with E-state index in [0.717, 1.165) is 53.5 Å². The normalized spacial score (nSPS) is 19.0. The molecule has 27 heavy (non-hydrogen) atoms. The zero-order chi connectivity index (χ0) is 18.3. The van der Waals surface area contributed by atoms with Gasteiger partial charge in [-0.25, -0.2) is 0 Å². The molecule has 1 aromatic heterocycles. The summed E-state index contributed by atoms with van der Waals surface area (Å²) in [6.07, 6.45) is 8.35. The molecule has 1 saturated carbocycles. The smallest absolute Gasteiger partial charge is 0.236 e. The van der Waals surface area contributed by atoms with Crippen molar-refractivity contribution in [1.29, 1.82) is 0 Å². The molecule has 1 fully saturated rings. The second-order valence-corrected chi connectivity index (χ2v) is 7.80. The molecule has 1 spiro atoms. The van der Waals surface area contributed by atoms with Crippen LogP contribution in [-0.4, -0.2) is 5.60 Å². The average Bonchev–Trinajstić information content (AvgIpc) is 2.72. The summed E-state index contributed by atoms with van der Waals surface area (Å²) in [5, 5.41) is 4.87. The predicted octanol–water partition coefficient (Wildman–Crippen LogP) is 4.90. The van der Waals surface area contributed by atoms with Crippen molar-refractivity contribution >= 4 is 11.0 Å². The highest BCUT2D eigenvalue weighted by Crippen LogP contribution is 2.43. The largest absolute Gasteiger partial charge is 0.487 e. The maximum atomic E-state index is 6.57. The number of nitrogens with zero attached hydrogens (tertiary/aromatic N) is 1. The van der Waals surface area contributed by atoms with Crippen molar-refractivity contribution in [1.82, 2.24) is 0 Å². The molecule has 0 radical (unpaired) electrons. The molecule has 5 rings (SSSR count). The lowest BCUT2D eigenvalue weighted by Gasteiger charge is -2.41. The van der Waals surface area contributed by atoms with E-state index in [-0.39, 0.29) is 5.60 Å². The highest BCUT2D eigenvalue weighted by molar-refractivity contribution is 5.94. The molecule has 0 saturated heterocycles. The van der Waals surface area contributed by atoms with Gasteiger partial charge in [-0.3, -0.25) is 0 Å². The van der Waals surface area contributed by atoms with Crippen LogP contribution in [0.3, 0.4) is 0 Å². The maximum absolute atomic E-state index is 6.57. The first-order chi connectivity index (χ1) is 13.3. The SMILES string of the molecule is N/N=c1\cc(-c2ccccc2)c2cc3c(cc2o1)OC1(CCCCC1)CC3. The first-order valence-corrected chi connectivity index (χ1v) is 9.86. The lowest BCUT2D eigenvalue weighted by molar-refractivity contribution is 0.0109. The van der Waals surface area contributed by atoms with Gasteiger partial charge >= 0.3 is 0 Å². The van der Waals surface area contributed by atoms with Gasteiger partial charge in [-0.15, -0.1) is 5.10 Å². The molecule has 2 heterocycles. The molecule has 0 bridgehead atoms. The van der Waals surface area contributed by atoms with Gasteiger partial charge in [0.2, 0.25) is 5.55 Å². The van der Waals surface area contributed by atoms with Crippen LogP contribution < -0.4 is 16.1 Å². The fraction of sp³-hybridized carbons (Fsp3) is 0.348. The molecular formula is C23H24N2O2. The molecule has 1 aliphatic heterocycles. The monoisotopic (exact) mass is 360 g/mol. The van der Waals surface area contributed by atoms with E-state index in [2.05, 4.69) is 23.3 Å². The van der Waals surface area contributed by atoms with Crippen LogP contribution in [0.1, 0.15) is 44.1 Å². The van der Waals surface area contributed by atoms with E-state index in [4.69, 9.17) is 15.0 Å². The molecule has 0 amide bonds. The summed E-state index contributed by atoms with van der Waals surface area (Å²) in [7, 11) is 0. The van der Waals surface area contributed by atoms with Crippen LogP contribution in [0.25, 0.3) is 22.1 Å². The van der Waals surface area contributed by atoms with Gasteiger partial charge < -0.3 is 15.0 Å². The Labute approximate surface area is 158 Å². The van der Waals surface area contributed by atoms with Crippen LogP contribution in [0.4, 0.5) is 0 Å². The van der Waals surface area contributed by atoms with Gasteiger partial charge in [0, 0.05) is 17.5 Å². The quantitative estimate of drug-likeness (QED) is 0.496. The topological polar surface area (TPSA) is 60.8 Å². The average molecular weight is 360 g/mol. The summed E-state index contributed by atoms with van der Waals surface area (Å²) < 4.78 is 12.5. The number of benzene rings is 2. The Kier molecular flexibility index (Phi) is 3.92. The molecule has 4 nitrogen and oxygen atoms in total. The molecular weight excluding hydrogens is 336 g/mol. The Morgan fingerprint density at radius 3 is 2.52 bits per heavy atom. The molecule has 0 unspecified atom stereocenters. The van der Waals surface area contributed by atoms with E-state index in [9.17, 15) is 0 Å². The summed E-state index contributed by atoms with van der Waals surface area (Å²) in [6.45, 7) is 0. The van der Waals surface area contributed by atoms with E-state index in [1.54, 1.807) is 0 Å². The van der Waals surface area contributed by atoms with Crippen molar-refractivity contribution in [2.75, 3.05) is 0 Å². The number of hydrogen-bond donors (Lipinski definition) is 1. The lowest BCUT2D eigenvalue weighted by atomic mass is 9.79. The highest BCUT2D eigenvalue weighted by atomic mass is 16.5. The van der Waals surface area contributed by atoms with Crippen LogP contribution in [0.5, 0.6) is 5.75 Å². The molecule has 2 N–H and O–H groups in total. The van der Waals surface area contributed by atoms with Gasteiger partial charge in [0.15, 0.2) is 0 Å². The molecule has 4 heteroatoms. The minimum atomic E-state index is 0.0248. The van der Waals surface area contributed by atoms with E-state index < -0.39 is 0 Å². The van der Waals surface area contributed by atoms with Crippen molar-refractivity contribution in [2.24, 2.45) is 10.9 Å².